The molecule has 1 amide bonds. The van der Waals surface area contributed by atoms with E-state index in [9.17, 15) is 4.79 Å². The monoisotopic (exact) mass is 454 g/mol. The van der Waals surface area contributed by atoms with Crippen LogP contribution in [-0.4, -0.2) is 59.1 Å². The number of hydrogen-bond acceptors (Lipinski definition) is 6. The number of carbonyl (C=O) groups excluding carboxylic acids is 1. The maximum Gasteiger partial charge on any atom is 0.232 e. The van der Waals surface area contributed by atoms with Crippen LogP contribution in [0.5, 0.6) is 11.5 Å². The van der Waals surface area contributed by atoms with Crippen LogP contribution in [0.3, 0.4) is 0 Å². The van der Waals surface area contributed by atoms with E-state index >= 15 is 0 Å². The van der Waals surface area contributed by atoms with Gasteiger partial charge in [0.25, 0.3) is 0 Å². The molecular formula is C24H30N4O3S. The zero-order valence-electron chi connectivity index (χ0n) is 19.3. The summed E-state index contributed by atoms with van der Waals surface area (Å²) in [5.74, 6) is 2.58. The third-order valence-corrected chi connectivity index (χ3v) is 6.20. The van der Waals surface area contributed by atoms with Crippen molar-refractivity contribution >= 4 is 17.7 Å². The Morgan fingerprint density at radius 2 is 1.88 bits per heavy atom. The van der Waals surface area contributed by atoms with Gasteiger partial charge in [-0.15, -0.1) is 10.2 Å². The van der Waals surface area contributed by atoms with Gasteiger partial charge in [0.05, 0.1) is 20.0 Å². The first-order chi connectivity index (χ1) is 15.5. The topological polar surface area (TPSA) is 69.5 Å². The first kappa shape index (κ1) is 23.7. The first-order valence-electron chi connectivity index (χ1n) is 10.5. The van der Waals surface area contributed by atoms with E-state index < -0.39 is 0 Å². The molecule has 0 fully saturated rings. The lowest BCUT2D eigenvalue weighted by atomic mass is 10.1. The SMILES string of the molecule is CCn1c(SCC(=O)N(C)CCc2ccc(OC)c(OC)c2)nnc1-c1cccc(C)c1. The van der Waals surface area contributed by atoms with Crippen molar-refractivity contribution in [1.29, 1.82) is 0 Å². The lowest BCUT2D eigenvalue weighted by Gasteiger charge is -2.17. The van der Waals surface area contributed by atoms with Gasteiger partial charge in [0.2, 0.25) is 5.91 Å². The van der Waals surface area contributed by atoms with E-state index in [0.717, 1.165) is 35.1 Å². The summed E-state index contributed by atoms with van der Waals surface area (Å²) in [5.41, 5.74) is 3.29. The van der Waals surface area contributed by atoms with Gasteiger partial charge in [-0.05, 0) is 44.0 Å². The van der Waals surface area contributed by atoms with Crippen LogP contribution in [0, 0.1) is 6.92 Å². The average Bonchev–Trinajstić information content (AvgIpc) is 3.23. The standard InChI is InChI=1S/C24H30N4O3S/c1-6-28-23(19-9-7-8-17(2)14-19)25-26-24(28)32-16-22(29)27(3)13-12-18-10-11-20(30-4)21(15-18)31-5/h7-11,14-15H,6,12-13,16H2,1-5H3. The van der Waals surface area contributed by atoms with Crippen molar-refractivity contribution in [3.8, 4) is 22.9 Å². The van der Waals surface area contributed by atoms with Crippen LogP contribution in [0.15, 0.2) is 47.6 Å². The highest BCUT2D eigenvalue weighted by atomic mass is 32.2. The minimum Gasteiger partial charge on any atom is -0.493 e. The van der Waals surface area contributed by atoms with Crippen LogP contribution < -0.4 is 9.47 Å². The molecule has 0 radical (unpaired) electrons. The normalized spacial score (nSPS) is 10.8. The van der Waals surface area contributed by atoms with Gasteiger partial charge in [0.15, 0.2) is 22.5 Å². The largest absolute Gasteiger partial charge is 0.493 e. The van der Waals surface area contributed by atoms with Gasteiger partial charge in [-0.3, -0.25) is 4.79 Å². The molecular weight excluding hydrogens is 424 g/mol. The van der Waals surface area contributed by atoms with E-state index in [0.29, 0.717) is 23.8 Å². The zero-order chi connectivity index (χ0) is 23.1. The smallest absolute Gasteiger partial charge is 0.232 e. The minimum atomic E-state index is 0.0539. The van der Waals surface area contributed by atoms with Crippen molar-refractivity contribution in [2.24, 2.45) is 0 Å². The van der Waals surface area contributed by atoms with Crippen molar-refractivity contribution in [3.05, 3.63) is 53.6 Å². The number of aromatic nitrogens is 3. The molecule has 170 valence electrons. The highest BCUT2D eigenvalue weighted by molar-refractivity contribution is 7.99. The Hall–Kier alpha value is -3.00. The Morgan fingerprint density at radius 3 is 2.56 bits per heavy atom. The van der Waals surface area contributed by atoms with Crippen molar-refractivity contribution in [3.63, 3.8) is 0 Å². The summed E-state index contributed by atoms with van der Waals surface area (Å²) < 4.78 is 12.7. The van der Waals surface area contributed by atoms with Crippen LogP contribution in [-0.2, 0) is 17.8 Å². The molecule has 0 spiro atoms. The number of thioether (sulfide) groups is 1. The fraction of sp³-hybridized carbons (Fsp3) is 0.375. The van der Waals surface area contributed by atoms with Gasteiger partial charge in [-0.2, -0.15) is 0 Å². The van der Waals surface area contributed by atoms with E-state index in [1.165, 1.54) is 17.3 Å². The molecule has 0 saturated carbocycles. The van der Waals surface area contributed by atoms with Gasteiger partial charge < -0.3 is 18.9 Å². The number of likely N-dealkylation sites (N-methyl/N-ethyl adjacent to an activating group) is 1. The second-order valence-corrected chi connectivity index (χ2v) is 8.41. The zero-order valence-corrected chi connectivity index (χ0v) is 20.1. The molecule has 0 aliphatic carbocycles. The third kappa shape index (κ3) is 5.62. The molecule has 3 aromatic rings. The van der Waals surface area contributed by atoms with Crippen LogP contribution >= 0.6 is 11.8 Å². The highest BCUT2D eigenvalue weighted by Gasteiger charge is 2.16. The molecule has 0 unspecified atom stereocenters. The maximum atomic E-state index is 12.7. The number of amides is 1. The molecule has 0 aliphatic rings. The molecule has 7 nitrogen and oxygen atoms in total. The Labute approximate surface area is 193 Å². The predicted octanol–water partition coefficient (Wildman–Crippen LogP) is 4.08. The first-order valence-corrected chi connectivity index (χ1v) is 11.5. The number of methoxy groups -OCH3 is 2. The van der Waals surface area contributed by atoms with Gasteiger partial charge in [-0.1, -0.05) is 41.6 Å². The summed E-state index contributed by atoms with van der Waals surface area (Å²) in [6.07, 6.45) is 0.732. The van der Waals surface area contributed by atoms with E-state index in [4.69, 9.17) is 9.47 Å². The Balaban J connectivity index is 1.58. The number of ether oxygens (including phenoxy) is 2. The molecule has 0 bridgehead atoms. The minimum absolute atomic E-state index is 0.0539. The quantitative estimate of drug-likeness (QED) is 0.430. The average molecular weight is 455 g/mol. The van der Waals surface area contributed by atoms with Crippen LogP contribution in [0.25, 0.3) is 11.4 Å². The number of carbonyl (C=O) groups is 1. The Kier molecular flexibility index (Phi) is 8.16. The molecule has 0 aliphatic heterocycles. The second-order valence-electron chi connectivity index (χ2n) is 7.46. The molecule has 1 aromatic heterocycles. The van der Waals surface area contributed by atoms with Gasteiger partial charge in [-0.25, -0.2) is 0 Å². The van der Waals surface area contributed by atoms with Crippen LogP contribution in [0.2, 0.25) is 0 Å². The highest BCUT2D eigenvalue weighted by Crippen LogP contribution is 2.28. The molecule has 32 heavy (non-hydrogen) atoms. The maximum absolute atomic E-state index is 12.7. The molecule has 0 saturated heterocycles. The van der Waals surface area contributed by atoms with E-state index in [1.54, 1.807) is 19.1 Å². The van der Waals surface area contributed by atoms with Crippen LogP contribution in [0.1, 0.15) is 18.1 Å². The lowest BCUT2D eigenvalue weighted by Crippen LogP contribution is -2.30. The summed E-state index contributed by atoms with van der Waals surface area (Å²) in [6.45, 7) is 5.47. The Bertz CT molecular complexity index is 1070. The van der Waals surface area contributed by atoms with E-state index in [2.05, 4.69) is 40.7 Å². The fourth-order valence-corrected chi connectivity index (χ4v) is 4.32. The number of aryl methyl sites for hydroxylation is 1. The molecule has 0 N–H and O–H groups in total. The molecule has 8 heteroatoms. The Morgan fingerprint density at radius 1 is 1.09 bits per heavy atom. The van der Waals surface area contributed by atoms with Crippen molar-refractivity contribution in [2.75, 3.05) is 33.6 Å². The second kappa shape index (κ2) is 11.0. The molecule has 0 atom stereocenters. The summed E-state index contributed by atoms with van der Waals surface area (Å²) >= 11 is 1.42. The number of nitrogens with zero attached hydrogens (tertiary/aromatic N) is 4. The summed E-state index contributed by atoms with van der Waals surface area (Å²) in [4.78, 5) is 14.4. The van der Waals surface area contributed by atoms with E-state index in [1.807, 2.05) is 37.4 Å². The summed E-state index contributed by atoms with van der Waals surface area (Å²) in [6, 6.07) is 14.0. The van der Waals surface area contributed by atoms with E-state index in [-0.39, 0.29) is 5.91 Å². The summed E-state index contributed by atoms with van der Waals surface area (Å²) in [5, 5.41) is 9.46. The molecule has 1 heterocycles. The van der Waals surface area contributed by atoms with Crippen molar-refractivity contribution < 1.29 is 14.3 Å². The lowest BCUT2D eigenvalue weighted by molar-refractivity contribution is -0.127. The van der Waals surface area contributed by atoms with Gasteiger partial charge >= 0.3 is 0 Å². The van der Waals surface area contributed by atoms with Crippen molar-refractivity contribution in [1.82, 2.24) is 19.7 Å². The van der Waals surface area contributed by atoms with Crippen LogP contribution in [0.4, 0.5) is 0 Å². The van der Waals surface area contributed by atoms with Gasteiger partial charge in [0.1, 0.15) is 0 Å². The molecule has 3 rings (SSSR count). The van der Waals surface area contributed by atoms with Gasteiger partial charge in [0, 0.05) is 25.7 Å². The number of rotatable bonds is 10. The summed E-state index contributed by atoms with van der Waals surface area (Å²) in [7, 11) is 5.06. The predicted molar refractivity (Wildman–Crippen MR) is 127 cm³/mol. The fourth-order valence-electron chi connectivity index (χ4n) is 3.37. The van der Waals surface area contributed by atoms with Crippen molar-refractivity contribution in [2.45, 2.75) is 32.0 Å². The number of benzene rings is 2. The molecule has 2 aromatic carbocycles. The third-order valence-electron chi connectivity index (χ3n) is 5.24. The number of hydrogen-bond donors (Lipinski definition) is 0.